The molecule has 0 aliphatic carbocycles. The molecule has 0 aromatic heterocycles. The number of hydrogen-bond donors (Lipinski definition) is 2. The van der Waals surface area contributed by atoms with E-state index in [2.05, 4.69) is 4.99 Å². The van der Waals surface area contributed by atoms with Gasteiger partial charge in [0, 0.05) is 5.56 Å². The van der Waals surface area contributed by atoms with Crippen molar-refractivity contribution in [2.45, 2.75) is 6.92 Å². The molecule has 0 bridgehead atoms. The predicted molar refractivity (Wildman–Crippen MR) is 74.5 cm³/mol. The van der Waals surface area contributed by atoms with Crippen LogP contribution in [0.2, 0.25) is 0 Å². The van der Waals surface area contributed by atoms with Gasteiger partial charge in [0.1, 0.15) is 5.84 Å². The molecular formula is C14H18N2O4. The fourth-order valence-corrected chi connectivity index (χ4v) is 1.63. The van der Waals surface area contributed by atoms with E-state index in [1.807, 2.05) is 0 Å². The Bertz CT molecular complexity index is 485. The largest absolute Gasteiger partial charge is 0.465 e. The van der Waals surface area contributed by atoms with Gasteiger partial charge in [0.2, 0.25) is 0 Å². The van der Waals surface area contributed by atoms with Crippen LogP contribution >= 0.6 is 0 Å². The van der Waals surface area contributed by atoms with Crippen molar-refractivity contribution in [3.05, 3.63) is 35.9 Å². The van der Waals surface area contributed by atoms with E-state index in [-0.39, 0.29) is 25.6 Å². The van der Waals surface area contributed by atoms with Crippen LogP contribution in [0.3, 0.4) is 0 Å². The summed E-state index contributed by atoms with van der Waals surface area (Å²) in [5.41, 5.74) is 6.05. The maximum absolute atomic E-state index is 12.3. The highest BCUT2D eigenvalue weighted by atomic mass is 16.5. The molecule has 6 nitrogen and oxygen atoms in total. The number of esters is 1. The maximum Gasteiger partial charge on any atom is 0.324 e. The van der Waals surface area contributed by atoms with E-state index in [0.29, 0.717) is 5.56 Å². The number of amidine groups is 1. The van der Waals surface area contributed by atoms with Crippen LogP contribution in [0.4, 0.5) is 0 Å². The quantitative estimate of drug-likeness (QED) is 0.247. The summed E-state index contributed by atoms with van der Waals surface area (Å²) in [6, 6.07) is 8.33. The summed E-state index contributed by atoms with van der Waals surface area (Å²) < 4.78 is 4.86. The number of nitrogens with two attached hydrogens (primary N) is 1. The number of Topliss-reactive ketones (excluding diaryl/α,β-unsaturated/α-hetero) is 1. The molecule has 1 aromatic carbocycles. The molecule has 108 valence electrons. The van der Waals surface area contributed by atoms with Gasteiger partial charge in [-0.3, -0.25) is 14.6 Å². The normalized spacial score (nSPS) is 12.8. The summed E-state index contributed by atoms with van der Waals surface area (Å²) in [6.07, 6.45) is 0. The first kappa shape index (κ1) is 15.8. The van der Waals surface area contributed by atoms with Gasteiger partial charge in [-0.1, -0.05) is 30.3 Å². The van der Waals surface area contributed by atoms with E-state index in [1.165, 1.54) is 0 Å². The Labute approximate surface area is 117 Å². The van der Waals surface area contributed by atoms with Crippen molar-refractivity contribution in [1.29, 1.82) is 0 Å². The standard InChI is InChI=1S/C14H18N2O4/c1-2-20-14(19)11(13(15)16-8-9-17)12(18)10-6-4-3-5-7-10/h3-7,11,17H,2,8-9H2,1H3,(H2,15,16). The maximum atomic E-state index is 12.3. The summed E-state index contributed by atoms with van der Waals surface area (Å²) in [4.78, 5) is 28.1. The average Bonchev–Trinajstić information content (AvgIpc) is 2.46. The number of ether oxygens (including phenoxy) is 1. The Morgan fingerprint density at radius 2 is 2.00 bits per heavy atom. The molecule has 3 N–H and O–H groups in total. The number of aliphatic hydroxyl groups excluding tert-OH is 1. The van der Waals surface area contributed by atoms with E-state index >= 15 is 0 Å². The van der Waals surface area contributed by atoms with E-state index in [0.717, 1.165) is 0 Å². The van der Waals surface area contributed by atoms with Gasteiger partial charge in [0.25, 0.3) is 0 Å². The molecule has 0 radical (unpaired) electrons. The van der Waals surface area contributed by atoms with Crippen LogP contribution in [0.5, 0.6) is 0 Å². The Morgan fingerprint density at radius 3 is 2.55 bits per heavy atom. The molecule has 0 saturated carbocycles. The van der Waals surface area contributed by atoms with Gasteiger partial charge < -0.3 is 15.6 Å². The minimum atomic E-state index is -1.27. The van der Waals surface area contributed by atoms with Crippen molar-refractivity contribution >= 4 is 17.6 Å². The van der Waals surface area contributed by atoms with Crippen LogP contribution in [0.1, 0.15) is 17.3 Å². The molecule has 0 saturated heterocycles. The van der Waals surface area contributed by atoms with Crippen molar-refractivity contribution < 1.29 is 19.4 Å². The average molecular weight is 278 g/mol. The molecule has 1 aromatic rings. The van der Waals surface area contributed by atoms with E-state index in [1.54, 1.807) is 37.3 Å². The fraction of sp³-hybridized carbons (Fsp3) is 0.357. The molecule has 6 heteroatoms. The molecule has 1 unspecified atom stereocenters. The molecule has 0 fully saturated rings. The van der Waals surface area contributed by atoms with Gasteiger partial charge in [-0.05, 0) is 6.92 Å². The lowest BCUT2D eigenvalue weighted by Crippen LogP contribution is -2.38. The third-order valence-corrected chi connectivity index (χ3v) is 2.53. The lowest BCUT2D eigenvalue weighted by Gasteiger charge is -2.14. The molecule has 0 amide bonds. The van der Waals surface area contributed by atoms with Crippen molar-refractivity contribution in [2.75, 3.05) is 19.8 Å². The van der Waals surface area contributed by atoms with E-state index in [9.17, 15) is 9.59 Å². The van der Waals surface area contributed by atoms with Gasteiger partial charge >= 0.3 is 5.97 Å². The number of nitrogens with zero attached hydrogens (tertiary/aromatic N) is 1. The van der Waals surface area contributed by atoms with Crippen LogP contribution in [-0.2, 0) is 9.53 Å². The fourth-order valence-electron chi connectivity index (χ4n) is 1.63. The highest BCUT2D eigenvalue weighted by Gasteiger charge is 2.32. The number of aliphatic imine (C=N–C) groups is 1. The number of carbonyl (C=O) groups is 2. The molecule has 20 heavy (non-hydrogen) atoms. The SMILES string of the molecule is CCOC(=O)C(C(=O)c1ccccc1)C(N)=NCCO. The number of ketones is 1. The predicted octanol–water partition coefficient (Wildman–Crippen LogP) is 0.398. The number of rotatable bonds is 7. The third-order valence-electron chi connectivity index (χ3n) is 2.53. The minimum absolute atomic E-state index is 0.0316. The molecule has 0 heterocycles. The Kier molecular flexibility index (Phi) is 6.39. The number of benzene rings is 1. The second kappa shape index (κ2) is 8.06. The van der Waals surface area contributed by atoms with Gasteiger partial charge in [-0.2, -0.15) is 0 Å². The zero-order valence-electron chi connectivity index (χ0n) is 11.3. The van der Waals surface area contributed by atoms with Crippen molar-refractivity contribution in [3.8, 4) is 0 Å². The molecule has 0 aliphatic rings. The molecule has 0 spiro atoms. The summed E-state index contributed by atoms with van der Waals surface area (Å²) in [6.45, 7) is 1.60. The minimum Gasteiger partial charge on any atom is -0.465 e. The van der Waals surface area contributed by atoms with Crippen LogP contribution in [0.15, 0.2) is 35.3 Å². The smallest absolute Gasteiger partial charge is 0.324 e. The van der Waals surface area contributed by atoms with E-state index < -0.39 is 17.7 Å². The Balaban J connectivity index is 3.04. The first-order valence-corrected chi connectivity index (χ1v) is 6.28. The zero-order valence-corrected chi connectivity index (χ0v) is 11.3. The van der Waals surface area contributed by atoms with Crippen LogP contribution in [0.25, 0.3) is 0 Å². The van der Waals surface area contributed by atoms with Gasteiger partial charge in [-0.25, -0.2) is 0 Å². The highest BCUT2D eigenvalue weighted by Crippen LogP contribution is 2.11. The lowest BCUT2D eigenvalue weighted by molar-refractivity contribution is -0.144. The molecule has 1 atom stereocenters. The van der Waals surface area contributed by atoms with Crippen molar-refractivity contribution in [3.63, 3.8) is 0 Å². The second-order valence-corrected chi connectivity index (χ2v) is 3.95. The second-order valence-electron chi connectivity index (χ2n) is 3.95. The van der Waals surface area contributed by atoms with Crippen molar-refractivity contribution in [2.24, 2.45) is 16.6 Å². The van der Waals surface area contributed by atoms with E-state index in [4.69, 9.17) is 15.6 Å². The number of hydrogen-bond acceptors (Lipinski definition) is 5. The summed E-state index contributed by atoms with van der Waals surface area (Å²) >= 11 is 0. The monoisotopic (exact) mass is 278 g/mol. The Morgan fingerprint density at radius 1 is 1.35 bits per heavy atom. The summed E-state index contributed by atoms with van der Waals surface area (Å²) in [5.74, 6) is -2.63. The highest BCUT2D eigenvalue weighted by molar-refractivity contribution is 6.23. The molecule has 1 rings (SSSR count). The summed E-state index contributed by atoms with van der Waals surface area (Å²) in [7, 11) is 0. The first-order valence-electron chi connectivity index (χ1n) is 6.28. The summed E-state index contributed by atoms with van der Waals surface area (Å²) in [5, 5.41) is 8.73. The first-order chi connectivity index (χ1) is 9.61. The van der Waals surface area contributed by atoms with Gasteiger partial charge in [-0.15, -0.1) is 0 Å². The zero-order chi connectivity index (χ0) is 15.0. The Hall–Kier alpha value is -2.21. The van der Waals surface area contributed by atoms with Gasteiger partial charge in [0.15, 0.2) is 11.7 Å². The topological polar surface area (TPSA) is 102 Å². The van der Waals surface area contributed by atoms with Gasteiger partial charge in [0.05, 0.1) is 19.8 Å². The molecular weight excluding hydrogens is 260 g/mol. The number of aliphatic hydroxyl groups is 1. The molecule has 0 aliphatic heterocycles. The van der Waals surface area contributed by atoms with Crippen molar-refractivity contribution in [1.82, 2.24) is 0 Å². The van der Waals surface area contributed by atoms with Crippen LogP contribution < -0.4 is 5.73 Å². The van der Waals surface area contributed by atoms with Crippen LogP contribution in [0, 0.1) is 5.92 Å². The number of carbonyl (C=O) groups excluding carboxylic acids is 2. The van der Waals surface area contributed by atoms with Crippen LogP contribution in [-0.4, -0.2) is 42.5 Å². The third kappa shape index (κ3) is 4.17. The lowest BCUT2D eigenvalue weighted by atomic mass is 9.96.